The van der Waals surface area contributed by atoms with Crippen LogP contribution in [0.25, 0.3) is 0 Å². The van der Waals surface area contributed by atoms with Gasteiger partial charge in [-0.3, -0.25) is 4.79 Å². The van der Waals surface area contributed by atoms with Gasteiger partial charge in [0.25, 0.3) is 5.91 Å². The number of aromatic hydroxyl groups is 1. The molecule has 0 fully saturated rings. The molecule has 0 saturated heterocycles. The zero-order chi connectivity index (χ0) is 16.8. The second-order valence-corrected chi connectivity index (χ2v) is 4.73. The van der Waals surface area contributed by atoms with Crippen molar-refractivity contribution < 1.29 is 19.4 Å². The van der Waals surface area contributed by atoms with E-state index in [2.05, 4.69) is 10.5 Å². The minimum atomic E-state index is -0.388. The molecule has 0 spiro atoms. The zero-order valence-corrected chi connectivity index (χ0v) is 13.2. The predicted octanol–water partition coefficient (Wildman–Crippen LogP) is 2.56. The van der Waals surface area contributed by atoms with Crippen LogP contribution < -0.4 is 14.9 Å². The van der Waals surface area contributed by atoms with Crippen molar-refractivity contribution in [2.75, 3.05) is 14.2 Å². The van der Waals surface area contributed by atoms with Crippen molar-refractivity contribution in [1.82, 2.24) is 5.43 Å². The van der Waals surface area contributed by atoms with E-state index < -0.39 is 0 Å². The van der Waals surface area contributed by atoms with E-state index in [-0.39, 0.29) is 11.7 Å². The van der Waals surface area contributed by atoms with Crippen LogP contribution in [0, 0.1) is 0 Å². The number of phenolic OH excluding ortho intramolecular Hbond substituents is 1. The molecule has 0 aliphatic carbocycles. The van der Waals surface area contributed by atoms with Gasteiger partial charge in [-0.05, 0) is 37.3 Å². The SMILES string of the molecule is COc1ccc(C(=O)NN=C(C)c2ccccc2O)cc1OC. The molecule has 0 atom stereocenters. The molecule has 0 heterocycles. The maximum atomic E-state index is 12.2. The van der Waals surface area contributed by atoms with Crippen LogP contribution >= 0.6 is 0 Å². The Kier molecular flexibility index (Phi) is 5.19. The topological polar surface area (TPSA) is 80.2 Å². The van der Waals surface area contributed by atoms with Crippen LogP contribution in [0.4, 0.5) is 0 Å². The number of nitrogens with one attached hydrogen (secondary N) is 1. The number of amides is 1. The Labute approximate surface area is 134 Å². The van der Waals surface area contributed by atoms with Crippen molar-refractivity contribution in [3.05, 3.63) is 53.6 Å². The van der Waals surface area contributed by atoms with E-state index in [0.29, 0.717) is 28.3 Å². The van der Waals surface area contributed by atoms with Gasteiger partial charge in [0.15, 0.2) is 11.5 Å². The molecular weight excluding hydrogens is 296 g/mol. The molecule has 23 heavy (non-hydrogen) atoms. The van der Waals surface area contributed by atoms with Gasteiger partial charge in [-0.2, -0.15) is 5.10 Å². The summed E-state index contributed by atoms with van der Waals surface area (Å²) in [4.78, 5) is 12.2. The first-order valence-corrected chi connectivity index (χ1v) is 6.92. The van der Waals surface area contributed by atoms with Crippen molar-refractivity contribution in [3.8, 4) is 17.2 Å². The van der Waals surface area contributed by atoms with Crippen molar-refractivity contribution in [1.29, 1.82) is 0 Å². The summed E-state index contributed by atoms with van der Waals surface area (Å²) in [5.41, 5.74) is 3.89. The Bertz CT molecular complexity index is 741. The second kappa shape index (κ2) is 7.31. The molecule has 0 saturated carbocycles. The fourth-order valence-electron chi connectivity index (χ4n) is 2.02. The number of methoxy groups -OCH3 is 2. The van der Waals surface area contributed by atoms with E-state index in [0.717, 1.165) is 0 Å². The molecule has 1 amide bonds. The molecule has 6 nitrogen and oxygen atoms in total. The van der Waals surface area contributed by atoms with E-state index in [9.17, 15) is 9.90 Å². The average molecular weight is 314 g/mol. The number of phenols is 1. The molecule has 0 radical (unpaired) electrons. The molecule has 0 aliphatic heterocycles. The van der Waals surface area contributed by atoms with Crippen LogP contribution in [0.3, 0.4) is 0 Å². The maximum Gasteiger partial charge on any atom is 0.271 e. The van der Waals surface area contributed by atoms with Gasteiger partial charge in [0.1, 0.15) is 5.75 Å². The quantitative estimate of drug-likeness (QED) is 0.656. The summed E-state index contributed by atoms with van der Waals surface area (Å²) < 4.78 is 10.3. The Morgan fingerprint density at radius 2 is 1.78 bits per heavy atom. The summed E-state index contributed by atoms with van der Waals surface area (Å²) in [7, 11) is 3.03. The van der Waals surface area contributed by atoms with E-state index >= 15 is 0 Å². The van der Waals surface area contributed by atoms with Crippen LogP contribution in [0.5, 0.6) is 17.2 Å². The predicted molar refractivity (Wildman–Crippen MR) is 87.3 cm³/mol. The second-order valence-electron chi connectivity index (χ2n) is 4.73. The van der Waals surface area contributed by atoms with Crippen molar-refractivity contribution in [3.63, 3.8) is 0 Å². The van der Waals surface area contributed by atoms with Crippen LogP contribution in [-0.4, -0.2) is 30.9 Å². The molecule has 6 heteroatoms. The standard InChI is InChI=1S/C17H18N2O4/c1-11(13-6-4-5-7-14(13)20)18-19-17(21)12-8-9-15(22-2)16(10-12)23-3/h4-10,20H,1-3H3,(H,19,21). The molecule has 120 valence electrons. The molecular formula is C17H18N2O4. The minimum Gasteiger partial charge on any atom is -0.507 e. The van der Waals surface area contributed by atoms with Crippen LogP contribution in [0.1, 0.15) is 22.8 Å². The number of benzene rings is 2. The summed E-state index contributed by atoms with van der Waals surface area (Å²) in [6.45, 7) is 1.70. The van der Waals surface area contributed by atoms with Crippen LogP contribution in [-0.2, 0) is 0 Å². The normalized spacial score (nSPS) is 11.0. The van der Waals surface area contributed by atoms with Gasteiger partial charge in [0.2, 0.25) is 0 Å². The van der Waals surface area contributed by atoms with Gasteiger partial charge >= 0.3 is 0 Å². The third kappa shape index (κ3) is 3.79. The Hall–Kier alpha value is -3.02. The number of nitrogens with zero attached hydrogens (tertiary/aromatic N) is 1. The molecule has 2 N–H and O–H groups in total. The number of carbonyl (C=O) groups is 1. The first-order valence-electron chi connectivity index (χ1n) is 6.92. The van der Waals surface area contributed by atoms with E-state index in [1.165, 1.54) is 14.2 Å². The lowest BCUT2D eigenvalue weighted by Crippen LogP contribution is -2.19. The summed E-state index contributed by atoms with van der Waals surface area (Å²) in [5, 5.41) is 13.8. The number of hydrazone groups is 1. The lowest BCUT2D eigenvalue weighted by molar-refractivity contribution is 0.0954. The van der Waals surface area contributed by atoms with Crippen molar-refractivity contribution in [2.45, 2.75) is 6.92 Å². The zero-order valence-electron chi connectivity index (χ0n) is 13.2. The van der Waals surface area contributed by atoms with Gasteiger partial charge in [0, 0.05) is 11.1 Å². The summed E-state index contributed by atoms with van der Waals surface area (Å²) in [5.74, 6) is 0.717. The van der Waals surface area contributed by atoms with Gasteiger partial charge < -0.3 is 14.6 Å². The monoisotopic (exact) mass is 314 g/mol. The van der Waals surface area contributed by atoms with Crippen LogP contribution in [0.15, 0.2) is 47.6 Å². The number of rotatable bonds is 5. The number of hydrogen-bond donors (Lipinski definition) is 2. The third-order valence-corrected chi connectivity index (χ3v) is 3.26. The lowest BCUT2D eigenvalue weighted by atomic mass is 10.1. The number of para-hydroxylation sites is 1. The first-order chi connectivity index (χ1) is 11.1. The molecule has 2 rings (SSSR count). The largest absolute Gasteiger partial charge is 0.507 e. The third-order valence-electron chi connectivity index (χ3n) is 3.26. The van der Waals surface area contributed by atoms with Gasteiger partial charge in [0.05, 0.1) is 19.9 Å². The fourth-order valence-corrected chi connectivity index (χ4v) is 2.02. The van der Waals surface area contributed by atoms with E-state index in [4.69, 9.17) is 9.47 Å². The minimum absolute atomic E-state index is 0.106. The lowest BCUT2D eigenvalue weighted by Gasteiger charge is -2.09. The highest BCUT2D eigenvalue weighted by Crippen LogP contribution is 2.27. The maximum absolute atomic E-state index is 12.2. The number of carbonyl (C=O) groups excluding carboxylic acids is 1. The highest BCUT2D eigenvalue weighted by Gasteiger charge is 2.11. The summed E-state index contributed by atoms with van der Waals surface area (Å²) in [6.07, 6.45) is 0. The molecule has 0 bridgehead atoms. The Balaban J connectivity index is 2.16. The van der Waals surface area contributed by atoms with Gasteiger partial charge in [-0.25, -0.2) is 5.43 Å². The molecule has 2 aromatic carbocycles. The molecule has 0 aromatic heterocycles. The van der Waals surface area contributed by atoms with Gasteiger partial charge in [-0.1, -0.05) is 12.1 Å². The van der Waals surface area contributed by atoms with Crippen molar-refractivity contribution >= 4 is 11.6 Å². The number of ether oxygens (including phenoxy) is 2. The van der Waals surface area contributed by atoms with E-state index in [1.54, 1.807) is 49.4 Å². The number of hydrogen-bond acceptors (Lipinski definition) is 5. The summed E-state index contributed by atoms with van der Waals surface area (Å²) >= 11 is 0. The highest BCUT2D eigenvalue weighted by molar-refractivity contribution is 6.02. The smallest absolute Gasteiger partial charge is 0.271 e. The fraction of sp³-hybridized carbons (Fsp3) is 0.176. The van der Waals surface area contributed by atoms with E-state index in [1.807, 2.05) is 0 Å². The highest BCUT2D eigenvalue weighted by atomic mass is 16.5. The van der Waals surface area contributed by atoms with Crippen molar-refractivity contribution in [2.24, 2.45) is 5.10 Å². The molecule has 2 aromatic rings. The Morgan fingerprint density at radius 3 is 2.43 bits per heavy atom. The Morgan fingerprint density at radius 1 is 1.09 bits per heavy atom. The molecule has 0 aliphatic rings. The van der Waals surface area contributed by atoms with Gasteiger partial charge in [-0.15, -0.1) is 0 Å². The average Bonchev–Trinajstić information content (AvgIpc) is 2.59. The summed E-state index contributed by atoms with van der Waals surface area (Å²) in [6, 6.07) is 11.6. The molecule has 0 unspecified atom stereocenters. The van der Waals surface area contributed by atoms with Crippen LogP contribution in [0.2, 0.25) is 0 Å². The first kappa shape index (κ1) is 16.4.